The Balaban J connectivity index is 2.16. The van der Waals surface area contributed by atoms with E-state index in [1.54, 1.807) is 23.1 Å². The number of hydrogen-bond donors (Lipinski definition) is 1. The Morgan fingerprint density at radius 1 is 1.03 bits per heavy atom. The molecule has 2 aromatic carbocycles. The molecule has 1 N–H and O–H groups in total. The van der Waals surface area contributed by atoms with Gasteiger partial charge in [0.05, 0.1) is 5.75 Å². The van der Waals surface area contributed by atoms with E-state index in [4.69, 9.17) is 34.8 Å². The van der Waals surface area contributed by atoms with Crippen molar-refractivity contribution >= 4 is 58.4 Å². The monoisotopic (exact) mass is 514 g/mol. The molecule has 0 aliphatic rings. The highest BCUT2D eigenvalue weighted by Crippen LogP contribution is 2.27. The summed E-state index contributed by atoms with van der Waals surface area (Å²) in [5.74, 6) is 0.629. The van der Waals surface area contributed by atoms with Crippen LogP contribution in [0.5, 0.6) is 0 Å². The molecule has 0 spiro atoms. The molecule has 0 saturated heterocycles. The lowest BCUT2D eigenvalue weighted by molar-refractivity contribution is -0.139. The molecule has 2 aromatic rings. The summed E-state index contributed by atoms with van der Waals surface area (Å²) >= 11 is 20.2. The maximum atomic E-state index is 13.3. The first-order valence-corrected chi connectivity index (χ1v) is 13.0. The van der Waals surface area contributed by atoms with Gasteiger partial charge in [0, 0.05) is 39.5 Å². The molecule has 0 heterocycles. The summed E-state index contributed by atoms with van der Waals surface area (Å²) < 4.78 is 0. The van der Waals surface area contributed by atoms with E-state index < -0.39 is 6.04 Å². The maximum absolute atomic E-state index is 13.3. The van der Waals surface area contributed by atoms with Gasteiger partial charge < -0.3 is 10.2 Å². The van der Waals surface area contributed by atoms with Gasteiger partial charge in [-0.05, 0) is 42.7 Å². The van der Waals surface area contributed by atoms with Crippen LogP contribution in [0.1, 0.15) is 44.2 Å². The Hall–Kier alpha value is -1.40. The zero-order valence-electron chi connectivity index (χ0n) is 18.4. The first kappa shape index (κ1) is 26.8. The Kier molecular flexibility index (Phi) is 11.7. The van der Waals surface area contributed by atoms with Crippen molar-refractivity contribution in [3.63, 3.8) is 0 Å². The third kappa shape index (κ3) is 8.18. The van der Waals surface area contributed by atoms with Crippen LogP contribution >= 0.6 is 46.6 Å². The van der Waals surface area contributed by atoms with Crippen molar-refractivity contribution in [3.05, 3.63) is 68.7 Å². The third-order valence-corrected chi connectivity index (χ3v) is 6.96. The first-order valence-electron chi connectivity index (χ1n) is 10.7. The molecule has 174 valence electrons. The second-order valence-corrected chi connectivity index (χ2v) is 9.65. The van der Waals surface area contributed by atoms with Crippen LogP contribution in [0.4, 0.5) is 0 Å². The van der Waals surface area contributed by atoms with Crippen molar-refractivity contribution in [1.29, 1.82) is 0 Å². The van der Waals surface area contributed by atoms with Crippen LogP contribution in [0.15, 0.2) is 42.5 Å². The van der Waals surface area contributed by atoms with Crippen molar-refractivity contribution in [2.24, 2.45) is 0 Å². The number of carbonyl (C=O) groups is 2. The molecule has 1 atom stereocenters. The minimum atomic E-state index is -0.595. The van der Waals surface area contributed by atoms with Crippen LogP contribution in [-0.2, 0) is 21.9 Å². The molecule has 8 heteroatoms. The smallest absolute Gasteiger partial charge is 0.242 e. The van der Waals surface area contributed by atoms with E-state index in [1.807, 2.05) is 31.2 Å². The van der Waals surface area contributed by atoms with Crippen LogP contribution in [0.25, 0.3) is 0 Å². The average Bonchev–Trinajstić information content (AvgIpc) is 2.77. The highest BCUT2D eigenvalue weighted by atomic mass is 35.5. The largest absolute Gasteiger partial charge is 0.354 e. The zero-order chi connectivity index (χ0) is 23.5. The number of benzene rings is 2. The summed E-state index contributed by atoms with van der Waals surface area (Å²) in [5.41, 5.74) is 1.73. The van der Waals surface area contributed by atoms with Gasteiger partial charge in [-0.2, -0.15) is 0 Å². The fourth-order valence-corrected chi connectivity index (χ4v) is 4.71. The Morgan fingerprint density at radius 2 is 1.69 bits per heavy atom. The molecule has 2 rings (SSSR count). The highest BCUT2D eigenvalue weighted by molar-refractivity contribution is 7.99. The Morgan fingerprint density at radius 3 is 2.28 bits per heavy atom. The van der Waals surface area contributed by atoms with Crippen molar-refractivity contribution in [2.45, 2.75) is 51.4 Å². The van der Waals surface area contributed by atoms with E-state index >= 15 is 0 Å². The number of nitrogens with one attached hydrogen (secondary N) is 1. The van der Waals surface area contributed by atoms with Crippen LogP contribution in [0, 0.1) is 0 Å². The van der Waals surface area contributed by atoms with Gasteiger partial charge in [-0.15, -0.1) is 11.8 Å². The molecule has 32 heavy (non-hydrogen) atoms. The number of hydrogen-bond acceptors (Lipinski definition) is 3. The zero-order valence-corrected chi connectivity index (χ0v) is 21.5. The number of rotatable bonds is 12. The highest BCUT2D eigenvalue weighted by Gasteiger charge is 2.29. The number of unbranched alkanes of at least 4 members (excludes halogenated alkanes) is 1. The summed E-state index contributed by atoms with van der Waals surface area (Å²) in [6, 6.07) is 12.2. The molecular weight excluding hydrogens is 487 g/mol. The number of carbonyl (C=O) groups excluding carboxylic acids is 2. The molecule has 0 aliphatic carbocycles. The average molecular weight is 516 g/mol. The fourth-order valence-electron chi connectivity index (χ4n) is 3.20. The van der Waals surface area contributed by atoms with Crippen molar-refractivity contribution in [3.8, 4) is 0 Å². The van der Waals surface area contributed by atoms with Crippen LogP contribution in [0.2, 0.25) is 15.1 Å². The molecule has 0 aromatic heterocycles. The van der Waals surface area contributed by atoms with Gasteiger partial charge in [0.2, 0.25) is 11.8 Å². The van der Waals surface area contributed by atoms with Gasteiger partial charge in [0.15, 0.2) is 0 Å². The summed E-state index contributed by atoms with van der Waals surface area (Å²) in [5, 5.41) is 4.59. The van der Waals surface area contributed by atoms with Gasteiger partial charge in [-0.3, -0.25) is 9.59 Å². The molecule has 0 saturated carbocycles. The van der Waals surface area contributed by atoms with Gasteiger partial charge >= 0.3 is 0 Å². The number of halogens is 3. The SMILES string of the molecule is CCCCNC(=O)[C@@H](CC)N(Cc1c(Cl)cccc1Cl)C(=O)CSCc1ccc(Cl)cc1. The van der Waals surface area contributed by atoms with Crippen molar-refractivity contribution in [2.75, 3.05) is 12.3 Å². The summed E-state index contributed by atoms with van der Waals surface area (Å²) in [6.07, 6.45) is 2.37. The standard InChI is InChI=1S/C24H29Cl3N2O2S/c1-3-5-13-28-24(31)22(4-2)29(14-19-20(26)7-6-8-21(19)27)23(30)16-32-15-17-9-11-18(25)12-10-17/h6-12,22H,3-5,13-16H2,1-2H3,(H,28,31)/t22-/m1/s1. The summed E-state index contributed by atoms with van der Waals surface area (Å²) in [4.78, 5) is 27.8. The lowest BCUT2D eigenvalue weighted by Crippen LogP contribution is -2.49. The molecule has 0 fully saturated rings. The van der Waals surface area contributed by atoms with Crippen LogP contribution in [0.3, 0.4) is 0 Å². The Labute approximate surface area is 210 Å². The van der Waals surface area contributed by atoms with Crippen molar-refractivity contribution in [1.82, 2.24) is 10.2 Å². The lowest BCUT2D eigenvalue weighted by Gasteiger charge is -2.31. The maximum Gasteiger partial charge on any atom is 0.242 e. The van der Waals surface area contributed by atoms with E-state index in [0.717, 1.165) is 18.4 Å². The predicted molar refractivity (Wildman–Crippen MR) is 137 cm³/mol. The van der Waals surface area contributed by atoms with Gasteiger partial charge in [-0.25, -0.2) is 0 Å². The number of thioether (sulfide) groups is 1. The van der Waals surface area contributed by atoms with Gasteiger partial charge in [0.25, 0.3) is 0 Å². The summed E-state index contributed by atoms with van der Waals surface area (Å²) in [6.45, 7) is 4.74. The number of nitrogens with zero attached hydrogens (tertiary/aromatic N) is 1. The minimum absolute atomic E-state index is 0.127. The van der Waals surface area contributed by atoms with Crippen LogP contribution < -0.4 is 5.32 Å². The molecule has 0 bridgehead atoms. The molecular formula is C24H29Cl3N2O2S. The van der Waals surface area contributed by atoms with Crippen LogP contribution in [-0.4, -0.2) is 35.1 Å². The van der Waals surface area contributed by atoms with E-state index in [9.17, 15) is 9.59 Å². The minimum Gasteiger partial charge on any atom is -0.354 e. The molecule has 0 radical (unpaired) electrons. The second-order valence-electron chi connectivity index (χ2n) is 7.41. The van der Waals surface area contributed by atoms with E-state index in [2.05, 4.69) is 12.2 Å². The predicted octanol–water partition coefficient (Wildman–Crippen LogP) is 6.60. The topological polar surface area (TPSA) is 49.4 Å². The normalized spacial score (nSPS) is 11.8. The number of amides is 2. The van der Waals surface area contributed by atoms with Gasteiger partial charge in [0.1, 0.15) is 6.04 Å². The molecule has 4 nitrogen and oxygen atoms in total. The van der Waals surface area contributed by atoms with E-state index in [1.165, 1.54) is 11.8 Å². The molecule has 0 aliphatic heterocycles. The summed E-state index contributed by atoms with van der Waals surface area (Å²) in [7, 11) is 0. The second kappa shape index (κ2) is 14.0. The Bertz CT molecular complexity index is 873. The third-order valence-electron chi connectivity index (χ3n) is 5.01. The quantitative estimate of drug-likeness (QED) is 0.324. The van der Waals surface area contributed by atoms with E-state index in [0.29, 0.717) is 39.3 Å². The molecule has 2 amide bonds. The molecule has 0 unspecified atom stereocenters. The van der Waals surface area contributed by atoms with E-state index in [-0.39, 0.29) is 24.1 Å². The van der Waals surface area contributed by atoms with Crippen molar-refractivity contribution < 1.29 is 9.59 Å². The first-order chi connectivity index (χ1) is 15.4. The fraction of sp³-hybridized carbons (Fsp3) is 0.417. The lowest BCUT2D eigenvalue weighted by atomic mass is 10.1. The van der Waals surface area contributed by atoms with Gasteiger partial charge in [-0.1, -0.05) is 73.3 Å².